The van der Waals surface area contributed by atoms with Gasteiger partial charge in [0.15, 0.2) is 0 Å². The molecule has 11 heteroatoms. The van der Waals surface area contributed by atoms with Crippen molar-refractivity contribution >= 4 is 22.8 Å². The first-order chi connectivity index (χ1) is 26.7. The number of carbonyl (C=O) groups is 2. The highest BCUT2D eigenvalue weighted by Crippen LogP contribution is 2.29. The summed E-state index contributed by atoms with van der Waals surface area (Å²) in [4.78, 5) is 41.5. The number of aromatic nitrogens is 1. The Morgan fingerprint density at radius 3 is 2.27 bits per heavy atom. The van der Waals surface area contributed by atoms with E-state index in [9.17, 15) is 24.6 Å². The lowest BCUT2D eigenvalue weighted by molar-refractivity contribution is 0.0452. The third kappa shape index (κ3) is 9.84. The Morgan fingerprint density at radius 1 is 0.818 bits per heavy atom. The molecule has 6 aromatic rings. The van der Waals surface area contributed by atoms with Crippen LogP contribution in [-0.4, -0.2) is 65.8 Å². The first kappa shape index (κ1) is 38.5. The van der Waals surface area contributed by atoms with Gasteiger partial charge in [0.2, 0.25) is 5.56 Å². The van der Waals surface area contributed by atoms with Gasteiger partial charge >= 0.3 is 5.97 Å². The monoisotopic (exact) mass is 740 g/mol. The van der Waals surface area contributed by atoms with Gasteiger partial charge in [-0.05, 0) is 83.4 Å². The van der Waals surface area contributed by atoms with Crippen LogP contribution < -0.4 is 20.9 Å². The Kier molecular flexibility index (Phi) is 12.7. The van der Waals surface area contributed by atoms with E-state index in [0.717, 1.165) is 22.4 Å². The second-order valence-electron chi connectivity index (χ2n) is 13.2. The molecule has 55 heavy (non-hydrogen) atoms. The molecule has 0 aliphatic heterocycles. The number of hydrogen-bond donors (Lipinski definition) is 5. The number of rotatable bonds is 16. The molecule has 282 valence electrons. The Morgan fingerprint density at radius 2 is 1.53 bits per heavy atom. The topological polar surface area (TPSA) is 153 Å². The van der Waals surface area contributed by atoms with Crippen molar-refractivity contribution in [2.75, 3.05) is 33.8 Å². The summed E-state index contributed by atoms with van der Waals surface area (Å²) in [5.41, 5.74) is 5.48. The van der Waals surface area contributed by atoms with Crippen LogP contribution in [-0.2, 0) is 17.9 Å². The number of amides is 1. The minimum Gasteiger partial charge on any atom is -0.506 e. The number of ether oxygens (including phenoxy) is 2. The second kappa shape index (κ2) is 18.2. The van der Waals surface area contributed by atoms with E-state index in [2.05, 4.69) is 33.8 Å². The summed E-state index contributed by atoms with van der Waals surface area (Å²) in [7, 11) is 3.59. The molecular weight excluding hydrogens is 697 g/mol. The highest BCUT2D eigenvalue weighted by atomic mass is 16.5. The molecule has 0 saturated heterocycles. The molecule has 5 N–H and O–H groups in total. The predicted octanol–water partition coefficient (Wildman–Crippen LogP) is 5.87. The minimum absolute atomic E-state index is 0.0373. The fourth-order valence-corrected chi connectivity index (χ4v) is 6.32. The first-order valence-corrected chi connectivity index (χ1v) is 18.0. The molecule has 6 rings (SSSR count). The normalized spacial score (nSPS) is 12.2. The van der Waals surface area contributed by atoms with Gasteiger partial charge in [-0.3, -0.25) is 9.59 Å². The predicted molar refractivity (Wildman–Crippen MR) is 211 cm³/mol. The summed E-state index contributed by atoms with van der Waals surface area (Å²) in [5, 5.41) is 28.0. The lowest BCUT2D eigenvalue weighted by atomic mass is 9.99. The molecule has 2 unspecified atom stereocenters. The number of benzene rings is 5. The quantitative estimate of drug-likeness (QED) is 0.0767. The van der Waals surface area contributed by atoms with Crippen molar-refractivity contribution < 1.29 is 29.3 Å². The number of hydrogen-bond acceptors (Lipinski definition) is 9. The highest BCUT2D eigenvalue weighted by molar-refractivity contribution is 5.94. The van der Waals surface area contributed by atoms with Crippen LogP contribution in [0, 0.1) is 0 Å². The van der Waals surface area contributed by atoms with E-state index in [-0.39, 0.29) is 48.5 Å². The van der Waals surface area contributed by atoms with Crippen LogP contribution in [0.4, 0.5) is 0 Å². The van der Waals surface area contributed by atoms with Crippen molar-refractivity contribution in [2.45, 2.75) is 25.3 Å². The molecule has 0 saturated carbocycles. The number of pyridine rings is 1. The largest absolute Gasteiger partial charge is 0.506 e. The molecule has 2 atom stereocenters. The van der Waals surface area contributed by atoms with Crippen molar-refractivity contribution in [3.8, 4) is 11.5 Å². The Hall–Kier alpha value is -6.27. The number of fused-ring (bicyclic) bond motifs is 1. The number of carbonyl (C=O) groups excluding carboxylic acids is 2. The van der Waals surface area contributed by atoms with Crippen LogP contribution in [0.15, 0.2) is 132 Å². The van der Waals surface area contributed by atoms with E-state index in [1.165, 1.54) is 22.6 Å². The van der Waals surface area contributed by atoms with Crippen LogP contribution in [0.2, 0.25) is 0 Å². The van der Waals surface area contributed by atoms with E-state index in [1.54, 1.807) is 43.4 Å². The van der Waals surface area contributed by atoms with Crippen LogP contribution in [0.3, 0.4) is 0 Å². The van der Waals surface area contributed by atoms with Gasteiger partial charge in [0.1, 0.15) is 24.7 Å². The number of H-pyrrole nitrogens is 1. The van der Waals surface area contributed by atoms with E-state index in [0.29, 0.717) is 35.2 Å². The van der Waals surface area contributed by atoms with E-state index >= 15 is 0 Å². The van der Waals surface area contributed by atoms with Gasteiger partial charge in [0.05, 0.1) is 29.8 Å². The Labute approximate surface area is 319 Å². The van der Waals surface area contributed by atoms with Crippen LogP contribution in [0.1, 0.15) is 60.7 Å². The molecule has 1 aromatic heterocycles. The van der Waals surface area contributed by atoms with Crippen LogP contribution in [0.5, 0.6) is 11.5 Å². The van der Waals surface area contributed by atoms with E-state index < -0.39 is 12.1 Å². The zero-order valence-corrected chi connectivity index (χ0v) is 30.7. The fraction of sp³-hybridized carbons (Fsp3) is 0.205. The average molecular weight is 741 g/mol. The number of likely N-dealkylation sites (N-methyl/N-ethyl adjacent to an activating group) is 1. The number of aliphatic hydroxyl groups excluding tert-OH is 1. The van der Waals surface area contributed by atoms with Crippen molar-refractivity contribution in [3.05, 3.63) is 177 Å². The number of phenols is 1. The number of nitrogens with zero attached hydrogens (tertiary/aromatic N) is 1. The van der Waals surface area contributed by atoms with Gasteiger partial charge < -0.3 is 40.2 Å². The molecule has 0 fully saturated rings. The highest BCUT2D eigenvalue weighted by Gasteiger charge is 2.16. The number of aliphatic hydroxyl groups is 1. The van der Waals surface area contributed by atoms with E-state index in [4.69, 9.17) is 9.47 Å². The number of phenolic OH excluding ortho intramolecular Hbond substituents is 1. The molecule has 0 radical (unpaired) electrons. The molecule has 0 bridgehead atoms. The van der Waals surface area contributed by atoms with Gasteiger partial charge in [-0.15, -0.1) is 0 Å². The van der Waals surface area contributed by atoms with Gasteiger partial charge in [-0.25, -0.2) is 4.79 Å². The number of esters is 1. The van der Waals surface area contributed by atoms with E-state index in [1.807, 2.05) is 67.7 Å². The second-order valence-corrected chi connectivity index (χ2v) is 13.2. The van der Waals surface area contributed by atoms with Gasteiger partial charge in [0.25, 0.3) is 5.91 Å². The average Bonchev–Trinajstić information content (AvgIpc) is 3.21. The van der Waals surface area contributed by atoms with Crippen molar-refractivity contribution in [2.24, 2.45) is 0 Å². The third-order valence-electron chi connectivity index (χ3n) is 9.35. The van der Waals surface area contributed by atoms with Crippen molar-refractivity contribution in [3.63, 3.8) is 0 Å². The fourth-order valence-electron chi connectivity index (χ4n) is 6.32. The van der Waals surface area contributed by atoms with Gasteiger partial charge in [-0.2, -0.15) is 0 Å². The first-order valence-electron chi connectivity index (χ1n) is 18.0. The molecule has 5 aromatic carbocycles. The Balaban J connectivity index is 0.920. The zero-order valence-electron chi connectivity index (χ0n) is 30.7. The molecule has 0 spiro atoms. The molecule has 1 heterocycles. The van der Waals surface area contributed by atoms with Crippen molar-refractivity contribution in [1.29, 1.82) is 0 Å². The number of nitrogens with one attached hydrogen (secondary N) is 3. The van der Waals surface area contributed by atoms with Crippen molar-refractivity contribution in [1.82, 2.24) is 20.5 Å². The smallest absolute Gasteiger partial charge is 0.338 e. The summed E-state index contributed by atoms with van der Waals surface area (Å²) in [6.45, 7) is 1.26. The molecular formula is C44H44N4O7. The maximum Gasteiger partial charge on any atom is 0.338 e. The third-order valence-corrected chi connectivity index (χ3v) is 9.35. The molecule has 0 aliphatic carbocycles. The summed E-state index contributed by atoms with van der Waals surface area (Å²) in [5.74, 6) is -0.00326. The van der Waals surface area contributed by atoms with Gasteiger partial charge in [0, 0.05) is 37.2 Å². The maximum absolute atomic E-state index is 13.0. The number of aromatic amines is 1. The molecule has 1 amide bonds. The zero-order chi connectivity index (χ0) is 38.7. The molecule has 11 nitrogen and oxygen atoms in total. The Bertz CT molecular complexity index is 2280. The summed E-state index contributed by atoms with van der Waals surface area (Å²) in [6.07, 6.45) is -0.886. The summed E-state index contributed by atoms with van der Waals surface area (Å²) < 4.78 is 11.5. The minimum atomic E-state index is -0.886. The molecule has 0 aliphatic rings. The number of aromatic hydroxyl groups is 1. The van der Waals surface area contributed by atoms with Crippen LogP contribution in [0.25, 0.3) is 10.9 Å². The standard InChI is InChI=1S/C44H44N4O7/c1-45-41(31-7-4-3-5-8-31)34-9-6-10-35(25-34)55-28-30-13-17-33(18-14-30)44(53)54-24-23-48(2)43(52)32-15-11-29(12-16-32)26-46-27-39(50)36-19-21-38(49)42-37(36)20-22-40(51)47-42/h3-22,25,39,41,45-46,49-50H,23-24,26-28H2,1-2H3,(H,47,51). The van der Waals surface area contributed by atoms with Gasteiger partial charge in [-0.1, -0.05) is 72.8 Å². The maximum atomic E-state index is 13.0. The lowest BCUT2D eigenvalue weighted by Crippen LogP contribution is -2.30. The summed E-state index contributed by atoms with van der Waals surface area (Å²) >= 11 is 0. The van der Waals surface area contributed by atoms with Crippen LogP contribution >= 0.6 is 0 Å². The lowest BCUT2D eigenvalue weighted by Gasteiger charge is -2.18. The summed E-state index contributed by atoms with van der Waals surface area (Å²) in [6, 6.07) is 38.5. The SMILES string of the molecule is CNC(c1ccccc1)c1cccc(OCc2ccc(C(=O)OCCN(C)C(=O)c3ccc(CNCC(O)c4ccc(O)c5[nH]c(=O)ccc45)cc3)cc2)c1.